The van der Waals surface area contributed by atoms with Crippen LogP contribution in [0, 0.1) is 0 Å². The predicted octanol–water partition coefficient (Wildman–Crippen LogP) is 1.49. The molecule has 5 heteroatoms. The van der Waals surface area contributed by atoms with Crippen molar-refractivity contribution in [2.45, 2.75) is 12.5 Å². The molecule has 0 bridgehead atoms. The molecule has 0 saturated carbocycles. The smallest absolute Gasteiger partial charge is 0.0847 e. The highest BCUT2D eigenvalue weighted by Crippen LogP contribution is 2.11. The van der Waals surface area contributed by atoms with E-state index in [1.54, 1.807) is 0 Å². The van der Waals surface area contributed by atoms with Crippen molar-refractivity contribution in [1.82, 2.24) is 9.80 Å². The molecule has 2 rings (SSSR count). The summed E-state index contributed by atoms with van der Waals surface area (Å²) in [5.41, 5.74) is 2.39. The lowest BCUT2D eigenvalue weighted by Crippen LogP contribution is -2.45. The summed E-state index contributed by atoms with van der Waals surface area (Å²) in [6.07, 6.45) is 0.595. The molecule has 0 amide bonds. The van der Waals surface area contributed by atoms with Gasteiger partial charge in [0.2, 0.25) is 0 Å². The average molecular weight is 312 g/mol. The molecule has 0 radical (unpaired) electrons. The van der Waals surface area contributed by atoms with E-state index in [4.69, 9.17) is 11.6 Å². The summed E-state index contributed by atoms with van der Waals surface area (Å²) in [5, 5.41) is 12.6. The molecule has 4 nitrogen and oxygen atoms in total. The molecule has 118 valence electrons. The van der Waals surface area contributed by atoms with Crippen molar-refractivity contribution >= 4 is 17.3 Å². The fourth-order valence-electron chi connectivity index (χ4n) is 2.44. The van der Waals surface area contributed by atoms with Crippen LogP contribution in [0.1, 0.15) is 5.56 Å². The number of hydrogen-bond acceptors (Lipinski definition) is 4. The van der Waals surface area contributed by atoms with Crippen molar-refractivity contribution in [3.8, 4) is 0 Å². The average Bonchev–Trinajstić information content (AvgIpc) is 2.53. The van der Waals surface area contributed by atoms with Gasteiger partial charge in [-0.15, -0.1) is 11.6 Å². The van der Waals surface area contributed by atoms with Crippen LogP contribution in [0.5, 0.6) is 0 Å². The van der Waals surface area contributed by atoms with E-state index in [9.17, 15) is 5.11 Å². The number of aliphatic hydroxyl groups is 1. The second-order valence-electron chi connectivity index (χ2n) is 5.78. The number of halogens is 1. The fraction of sp³-hybridized carbons (Fsp3) is 0.625. The number of likely N-dealkylation sites (N-methyl/N-ethyl adjacent to an activating group) is 1. The summed E-state index contributed by atoms with van der Waals surface area (Å²) in [5.74, 6) is 0.260. The number of nitrogens with one attached hydrogen (secondary N) is 1. The quantitative estimate of drug-likeness (QED) is 0.748. The highest BCUT2D eigenvalue weighted by atomic mass is 35.5. The summed E-state index contributed by atoms with van der Waals surface area (Å²) in [6.45, 7) is 6.31. The van der Waals surface area contributed by atoms with Gasteiger partial charge in [0.1, 0.15) is 0 Å². The predicted molar refractivity (Wildman–Crippen MR) is 89.3 cm³/mol. The van der Waals surface area contributed by atoms with Gasteiger partial charge < -0.3 is 20.2 Å². The van der Waals surface area contributed by atoms with Gasteiger partial charge in [-0.25, -0.2) is 0 Å². The van der Waals surface area contributed by atoms with E-state index in [0.717, 1.165) is 18.7 Å². The van der Waals surface area contributed by atoms with Crippen molar-refractivity contribution < 1.29 is 5.11 Å². The lowest BCUT2D eigenvalue weighted by atomic mass is 10.1. The van der Waals surface area contributed by atoms with Crippen molar-refractivity contribution in [3.63, 3.8) is 0 Å². The monoisotopic (exact) mass is 311 g/mol. The van der Waals surface area contributed by atoms with Gasteiger partial charge in [0.15, 0.2) is 0 Å². The van der Waals surface area contributed by atoms with Crippen LogP contribution in [-0.4, -0.2) is 73.2 Å². The van der Waals surface area contributed by atoms with E-state index in [0.29, 0.717) is 6.54 Å². The minimum atomic E-state index is -0.497. The Hall–Kier alpha value is -0.810. The van der Waals surface area contributed by atoms with Crippen LogP contribution in [0.2, 0.25) is 0 Å². The Morgan fingerprint density at radius 2 is 1.86 bits per heavy atom. The third-order valence-corrected chi connectivity index (χ3v) is 4.34. The zero-order valence-electron chi connectivity index (χ0n) is 12.8. The molecule has 1 aliphatic heterocycles. The second kappa shape index (κ2) is 8.59. The van der Waals surface area contributed by atoms with Crippen LogP contribution in [0.4, 0.5) is 5.69 Å². The Kier molecular flexibility index (Phi) is 6.77. The van der Waals surface area contributed by atoms with Gasteiger partial charge in [-0.3, -0.25) is 0 Å². The van der Waals surface area contributed by atoms with Crippen LogP contribution in [-0.2, 0) is 6.42 Å². The zero-order valence-corrected chi connectivity index (χ0v) is 13.5. The third-order valence-electron chi connectivity index (χ3n) is 3.99. The van der Waals surface area contributed by atoms with Crippen LogP contribution >= 0.6 is 11.6 Å². The van der Waals surface area contributed by atoms with Gasteiger partial charge >= 0.3 is 0 Å². The molecule has 0 spiro atoms. The molecular weight excluding hydrogens is 286 g/mol. The second-order valence-corrected chi connectivity index (χ2v) is 6.09. The first-order valence-electron chi connectivity index (χ1n) is 7.65. The van der Waals surface area contributed by atoms with Crippen molar-refractivity contribution in [2.75, 3.05) is 57.5 Å². The molecule has 1 heterocycles. The zero-order chi connectivity index (χ0) is 15.1. The van der Waals surface area contributed by atoms with Crippen LogP contribution in [0.15, 0.2) is 24.3 Å². The van der Waals surface area contributed by atoms with Crippen molar-refractivity contribution in [3.05, 3.63) is 29.8 Å². The first-order valence-corrected chi connectivity index (χ1v) is 8.18. The Bertz CT molecular complexity index is 404. The summed E-state index contributed by atoms with van der Waals surface area (Å²) in [6, 6.07) is 8.46. The number of alkyl halides is 1. The van der Waals surface area contributed by atoms with Gasteiger partial charge in [-0.05, 0) is 31.2 Å². The number of hydrogen-bond donors (Lipinski definition) is 2. The molecule has 1 unspecified atom stereocenters. The van der Waals surface area contributed by atoms with Gasteiger partial charge in [0.05, 0.1) is 12.0 Å². The molecule has 2 N–H and O–H groups in total. The normalized spacial score (nSPS) is 18.6. The molecule has 1 saturated heterocycles. The first kappa shape index (κ1) is 16.6. The van der Waals surface area contributed by atoms with Gasteiger partial charge in [0.25, 0.3) is 0 Å². The summed E-state index contributed by atoms with van der Waals surface area (Å²) in [4.78, 5) is 4.91. The standard InChI is InChI=1S/C16H26ClN3O/c1-19-8-10-20(11-9-19)7-6-14-2-4-15(5-3-14)18-13-16(21)12-17/h2-5,16,18,21H,6-13H2,1H3. The van der Waals surface area contributed by atoms with E-state index >= 15 is 0 Å². The first-order chi connectivity index (χ1) is 10.2. The van der Waals surface area contributed by atoms with Gasteiger partial charge in [-0.1, -0.05) is 12.1 Å². The van der Waals surface area contributed by atoms with Gasteiger partial charge in [-0.2, -0.15) is 0 Å². The largest absolute Gasteiger partial charge is 0.390 e. The topological polar surface area (TPSA) is 38.7 Å². The molecule has 0 aromatic heterocycles. The fourth-order valence-corrected chi connectivity index (χ4v) is 2.55. The number of nitrogens with zero attached hydrogens (tertiary/aromatic N) is 2. The van der Waals surface area contributed by atoms with Crippen molar-refractivity contribution in [2.24, 2.45) is 0 Å². The Balaban J connectivity index is 1.72. The minimum Gasteiger partial charge on any atom is -0.390 e. The highest BCUT2D eigenvalue weighted by Gasteiger charge is 2.13. The Labute approximate surface area is 132 Å². The molecular formula is C16H26ClN3O. The molecule has 1 fully saturated rings. The highest BCUT2D eigenvalue weighted by molar-refractivity contribution is 6.18. The molecule has 1 aromatic carbocycles. The lowest BCUT2D eigenvalue weighted by Gasteiger charge is -2.32. The molecule has 1 aromatic rings. The van der Waals surface area contributed by atoms with Crippen LogP contribution in [0.25, 0.3) is 0 Å². The number of anilines is 1. The Morgan fingerprint density at radius 3 is 2.48 bits per heavy atom. The maximum absolute atomic E-state index is 9.42. The van der Waals surface area contributed by atoms with Crippen LogP contribution < -0.4 is 5.32 Å². The number of benzene rings is 1. The summed E-state index contributed by atoms with van der Waals surface area (Å²) in [7, 11) is 2.18. The summed E-state index contributed by atoms with van der Waals surface area (Å²) < 4.78 is 0. The van der Waals surface area contributed by atoms with Crippen LogP contribution in [0.3, 0.4) is 0 Å². The van der Waals surface area contributed by atoms with Crippen molar-refractivity contribution in [1.29, 1.82) is 0 Å². The van der Waals surface area contributed by atoms with E-state index in [2.05, 4.69) is 46.4 Å². The number of aliphatic hydroxyl groups excluding tert-OH is 1. The third kappa shape index (κ3) is 5.83. The maximum Gasteiger partial charge on any atom is 0.0847 e. The van der Waals surface area contributed by atoms with E-state index < -0.39 is 6.10 Å². The van der Waals surface area contributed by atoms with Gasteiger partial charge in [0, 0.05) is 45.0 Å². The minimum absolute atomic E-state index is 0.260. The molecule has 1 atom stereocenters. The molecule has 0 aliphatic carbocycles. The maximum atomic E-state index is 9.42. The Morgan fingerprint density at radius 1 is 1.19 bits per heavy atom. The number of rotatable bonds is 7. The van der Waals surface area contributed by atoms with E-state index in [1.165, 1.54) is 31.7 Å². The number of piperazine rings is 1. The molecule has 21 heavy (non-hydrogen) atoms. The summed E-state index contributed by atoms with van der Waals surface area (Å²) >= 11 is 5.57. The van der Waals surface area contributed by atoms with E-state index in [-0.39, 0.29) is 5.88 Å². The SMILES string of the molecule is CN1CCN(CCc2ccc(NCC(O)CCl)cc2)CC1. The molecule has 1 aliphatic rings. The van der Waals surface area contributed by atoms with E-state index in [1.807, 2.05) is 0 Å². The lowest BCUT2D eigenvalue weighted by molar-refractivity contribution is 0.155.